The molecular formula is C32H35FN4O6. The number of urea groups is 1. The minimum Gasteiger partial charge on any atom is -0.435 e. The van der Waals surface area contributed by atoms with E-state index in [2.05, 4.69) is 15.6 Å². The van der Waals surface area contributed by atoms with Crippen LogP contribution >= 0.6 is 0 Å². The lowest BCUT2D eigenvalue weighted by molar-refractivity contribution is -0.129. The Labute approximate surface area is 249 Å². The van der Waals surface area contributed by atoms with Crippen molar-refractivity contribution in [2.75, 3.05) is 32.8 Å². The highest BCUT2D eigenvalue weighted by Gasteiger charge is 2.45. The number of amides is 4. The zero-order valence-electron chi connectivity index (χ0n) is 24.6. The van der Waals surface area contributed by atoms with Crippen LogP contribution in [-0.4, -0.2) is 71.3 Å². The number of nitrogens with one attached hydrogen (secondary N) is 2. The van der Waals surface area contributed by atoms with E-state index in [0.717, 1.165) is 5.56 Å². The molecule has 226 valence electrons. The van der Waals surface area contributed by atoms with Crippen molar-refractivity contribution in [3.63, 3.8) is 0 Å². The number of para-hydroxylation sites is 1. The minimum absolute atomic E-state index is 0.0385. The predicted molar refractivity (Wildman–Crippen MR) is 156 cm³/mol. The van der Waals surface area contributed by atoms with Gasteiger partial charge in [-0.05, 0) is 38.1 Å². The summed E-state index contributed by atoms with van der Waals surface area (Å²) >= 11 is 0. The molecule has 2 aliphatic rings. The first-order chi connectivity index (χ1) is 20.3. The van der Waals surface area contributed by atoms with Gasteiger partial charge in [0.15, 0.2) is 11.6 Å². The van der Waals surface area contributed by atoms with E-state index in [1.807, 2.05) is 0 Å². The van der Waals surface area contributed by atoms with Crippen LogP contribution in [0.15, 0.2) is 54.6 Å². The Bertz CT molecular complexity index is 1540. The van der Waals surface area contributed by atoms with Gasteiger partial charge in [-0.2, -0.15) is 0 Å². The van der Waals surface area contributed by atoms with Gasteiger partial charge in [0, 0.05) is 47.8 Å². The topological polar surface area (TPSA) is 130 Å². The fraction of sp³-hybridized carbons (Fsp3) is 0.375. The number of imide groups is 1. The maximum Gasteiger partial charge on any atom is 0.321 e. The average Bonchev–Trinajstić information content (AvgIpc) is 2.98. The molecule has 1 atom stereocenters. The summed E-state index contributed by atoms with van der Waals surface area (Å²) in [5.41, 5.74) is 0.404. The number of aliphatic hydroxyl groups is 1. The number of carbonyl (C=O) groups is 3. The lowest BCUT2D eigenvalue weighted by atomic mass is 9.69. The molecular weight excluding hydrogens is 555 g/mol. The first-order valence-corrected chi connectivity index (χ1v) is 14.1. The summed E-state index contributed by atoms with van der Waals surface area (Å²) in [6.45, 7) is 8.45. The molecule has 3 heterocycles. The predicted octanol–water partition coefficient (Wildman–Crippen LogP) is 4.22. The molecule has 0 radical (unpaired) electrons. The van der Waals surface area contributed by atoms with Gasteiger partial charge in [-0.3, -0.25) is 14.9 Å². The SMILES string of the molecule is CC(C)(O)CNC(=O)NC(=O)C(C)(C)C1c2ccc(-c3ccc(C(=O)N4CCOCC4)cc3)nc2Oc2c(F)cccc21. The lowest BCUT2D eigenvalue weighted by Gasteiger charge is -2.37. The molecule has 1 aromatic heterocycles. The molecule has 1 fully saturated rings. The Hall–Kier alpha value is -4.35. The van der Waals surface area contributed by atoms with Crippen molar-refractivity contribution in [1.29, 1.82) is 0 Å². The Kier molecular flexibility index (Phi) is 8.22. The third kappa shape index (κ3) is 6.37. The number of fused-ring (bicyclic) bond motifs is 2. The van der Waals surface area contributed by atoms with Gasteiger partial charge in [0.2, 0.25) is 11.8 Å². The number of hydrogen-bond acceptors (Lipinski definition) is 7. The second kappa shape index (κ2) is 11.7. The third-order valence-corrected chi connectivity index (χ3v) is 7.65. The smallest absolute Gasteiger partial charge is 0.321 e. The van der Waals surface area contributed by atoms with Crippen LogP contribution in [0.3, 0.4) is 0 Å². The zero-order valence-corrected chi connectivity index (χ0v) is 24.6. The van der Waals surface area contributed by atoms with Gasteiger partial charge < -0.3 is 24.8 Å². The van der Waals surface area contributed by atoms with Crippen molar-refractivity contribution >= 4 is 17.8 Å². The highest BCUT2D eigenvalue weighted by Crippen LogP contribution is 2.52. The van der Waals surface area contributed by atoms with E-state index in [0.29, 0.717) is 48.7 Å². The second-order valence-corrected chi connectivity index (χ2v) is 11.9. The van der Waals surface area contributed by atoms with Crippen LogP contribution in [0.4, 0.5) is 9.18 Å². The Morgan fingerprint density at radius 2 is 1.70 bits per heavy atom. The summed E-state index contributed by atoms with van der Waals surface area (Å²) in [6.07, 6.45) is 0. The number of hydrogen-bond donors (Lipinski definition) is 3. The van der Waals surface area contributed by atoms with Crippen LogP contribution in [0, 0.1) is 11.2 Å². The number of ether oxygens (including phenoxy) is 2. The molecule has 0 spiro atoms. The number of halogens is 1. The van der Waals surface area contributed by atoms with E-state index in [-0.39, 0.29) is 24.1 Å². The number of aromatic nitrogens is 1. The molecule has 2 aromatic carbocycles. The van der Waals surface area contributed by atoms with Gasteiger partial charge in [-0.1, -0.05) is 44.2 Å². The van der Waals surface area contributed by atoms with Crippen molar-refractivity contribution in [3.05, 3.63) is 77.1 Å². The standard InChI is InChI=1S/C32H35FN4O6/c1-31(2,41)18-34-30(40)36-29(39)32(3,4)25-21-6-5-7-23(33)26(21)43-27-22(25)12-13-24(35-27)19-8-10-20(11-9-19)28(38)37-14-16-42-17-15-37/h5-13,25,41H,14-18H2,1-4H3,(H2,34,36,39,40). The number of pyridine rings is 1. The van der Waals surface area contributed by atoms with Crippen LogP contribution < -0.4 is 15.4 Å². The number of nitrogens with zero attached hydrogens (tertiary/aromatic N) is 2. The quantitative estimate of drug-likeness (QED) is 0.392. The van der Waals surface area contributed by atoms with E-state index >= 15 is 4.39 Å². The molecule has 5 rings (SSSR count). The fourth-order valence-corrected chi connectivity index (χ4v) is 5.28. The van der Waals surface area contributed by atoms with E-state index < -0.39 is 34.7 Å². The summed E-state index contributed by atoms with van der Waals surface area (Å²) in [5.74, 6) is -1.88. The lowest BCUT2D eigenvalue weighted by Crippen LogP contribution is -2.50. The van der Waals surface area contributed by atoms with Crippen molar-refractivity contribution in [2.24, 2.45) is 5.41 Å². The van der Waals surface area contributed by atoms with Gasteiger partial charge in [0.05, 0.1) is 29.9 Å². The summed E-state index contributed by atoms with van der Waals surface area (Å²) in [4.78, 5) is 45.2. The largest absolute Gasteiger partial charge is 0.435 e. The van der Waals surface area contributed by atoms with Crippen molar-refractivity contribution in [1.82, 2.24) is 20.5 Å². The van der Waals surface area contributed by atoms with E-state index in [9.17, 15) is 19.5 Å². The molecule has 0 saturated carbocycles. The maximum absolute atomic E-state index is 15.1. The van der Waals surface area contributed by atoms with Crippen LogP contribution in [0.25, 0.3) is 11.3 Å². The number of carbonyl (C=O) groups excluding carboxylic acids is 3. The van der Waals surface area contributed by atoms with Gasteiger partial charge >= 0.3 is 6.03 Å². The molecule has 3 aromatic rings. The van der Waals surface area contributed by atoms with Crippen LogP contribution in [0.5, 0.6) is 11.6 Å². The molecule has 10 nitrogen and oxygen atoms in total. The third-order valence-electron chi connectivity index (χ3n) is 7.65. The number of benzene rings is 2. The van der Waals surface area contributed by atoms with Gasteiger partial charge in [-0.15, -0.1) is 0 Å². The van der Waals surface area contributed by atoms with Crippen LogP contribution in [0.1, 0.15) is 55.1 Å². The summed E-state index contributed by atoms with van der Waals surface area (Å²) < 4.78 is 26.4. The molecule has 0 aliphatic carbocycles. The first kappa shape index (κ1) is 30.1. The van der Waals surface area contributed by atoms with E-state index in [1.54, 1.807) is 67.3 Å². The van der Waals surface area contributed by atoms with E-state index in [4.69, 9.17) is 9.47 Å². The Balaban J connectivity index is 1.44. The van der Waals surface area contributed by atoms with Crippen molar-refractivity contribution in [3.8, 4) is 22.9 Å². The maximum atomic E-state index is 15.1. The summed E-state index contributed by atoms with van der Waals surface area (Å²) in [5, 5.41) is 14.7. The van der Waals surface area contributed by atoms with Crippen LogP contribution in [0.2, 0.25) is 0 Å². The van der Waals surface area contributed by atoms with Gasteiger partial charge in [0.25, 0.3) is 5.91 Å². The highest BCUT2D eigenvalue weighted by molar-refractivity contribution is 5.98. The molecule has 1 saturated heterocycles. The van der Waals surface area contributed by atoms with Gasteiger partial charge in [0.1, 0.15) is 0 Å². The molecule has 11 heteroatoms. The normalized spacial score (nSPS) is 16.4. The first-order valence-electron chi connectivity index (χ1n) is 14.1. The summed E-state index contributed by atoms with van der Waals surface area (Å²) in [6, 6.07) is 14.4. The van der Waals surface area contributed by atoms with Crippen molar-refractivity contribution < 1.29 is 33.4 Å². The second-order valence-electron chi connectivity index (χ2n) is 11.9. The molecule has 1 unspecified atom stereocenters. The van der Waals surface area contributed by atoms with Crippen LogP contribution in [-0.2, 0) is 9.53 Å². The molecule has 4 amide bonds. The zero-order chi connectivity index (χ0) is 30.9. The molecule has 3 N–H and O–H groups in total. The fourth-order valence-electron chi connectivity index (χ4n) is 5.28. The molecule has 2 aliphatic heterocycles. The monoisotopic (exact) mass is 590 g/mol. The Morgan fingerprint density at radius 3 is 2.37 bits per heavy atom. The highest BCUT2D eigenvalue weighted by atomic mass is 19.1. The average molecular weight is 591 g/mol. The number of morpholine rings is 1. The summed E-state index contributed by atoms with van der Waals surface area (Å²) in [7, 11) is 0. The van der Waals surface area contributed by atoms with E-state index in [1.165, 1.54) is 19.9 Å². The minimum atomic E-state index is -1.25. The Morgan fingerprint density at radius 1 is 1.00 bits per heavy atom. The molecule has 43 heavy (non-hydrogen) atoms. The van der Waals surface area contributed by atoms with Gasteiger partial charge in [-0.25, -0.2) is 14.2 Å². The molecule has 0 bridgehead atoms. The van der Waals surface area contributed by atoms with Crippen molar-refractivity contribution in [2.45, 2.75) is 39.2 Å². The number of rotatable bonds is 6.